The number of carbonyl (C=O) groups is 2. The van der Waals surface area contributed by atoms with E-state index in [-0.39, 0.29) is 30.3 Å². The smallest absolute Gasteiger partial charge is 0.253 e. The zero-order valence-corrected chi connectivity index (χ0v) is 17.2. The molecule has 1 saturated carbocycles. The molecule has 0 spiro atoms. The Hall–Kier alpha value is -2.47. The van der Waals surface area contributed by atoms with E-state index in [1.807, 2.05) is 0 Å². The fraction of sp³-hybridized carbons (Fsp3) is 0.391. The fourth-order valence-electron chi connectivity index (χ4n) is 4.00. The van der Waals surface area contributed by atoms with Gasteiger partial charge < -0.3 is 9.80 Å². The molecule has 0 radical (unpaired) electrons. The van der Waals surface area contributed by atoms with Crippen molar-refractivity contribution in [3.63, 3.8) is 0 Å². The minimum atomic E-state index is -0.419. The maximum Gasteiger partial charge on any atom is 0.253 e. The summed E-state index contributed by atoms with van der Waals surface area (Å²) < 4.78 is 27.4. The second kappa shape index (κ2) is 8.72. The first-order chi connectivity index (χ1) is 14.4. The molecule has 1 unspecified atom stereocenters. The van der Waals surface area contributed by atoms with Crippen molar-refractivity contribution in [3.05, 3.63) is 70.2 Å². The lowest BCUT2D eigenvalue weighted by atomic mass is 9.95. The Bertz CT molecular complexity index is 926. The van der Waals surface area contributed by atoms with Gasteiger partial charge in [-0.05, 0) is 62.1 Å². The summed E-state index contributed by atoms with van der Waals surface area (Å²) in [6, 6.07) is 10.0. The molecule has 2 aromatic rings. The van der Waals surface area contributed by atoms with Crippen LogP contribution in [0.4, 0.5) is 8.78 Å². The van der Waals surface area contributed by atoms with E-state index in [4.69, 9.17) is 11.6 Å². The molecule has 1 aliphatic carbocycles. The highest BCUT2D eigenvalue weighted by molar-refractivity contribution is 6.31. The predicted molar refractivity (Wildman–Crippen MR) is 110 cm³/mol. The van der Waals surface area contributed by atoms with Crippen molar-refractivity contribution in [3.8, 4) is 0 Å². The number of likely N-dealkylation sites (tertiary alicyclic amines) is 1. The zero-order valence-electron chi connectivity index (χ0n) is 16.5. The van der Waals surface area contributed by atoms with Crippen LogP contribution in [0.1, 0.15) is 41.6 Å². The number of carbonyl (C=O) groups excluding carboxylic acids is 2. The monoisotopic (exact) mass is 432 g/mol. The average molecular weight is 433 g/mol. The number of hydrogen-bond donors (Lipinski definition) is 0. The lowest BCUT2D eigenvalue weighted by molar-refractivity contribution is -0.138. The van der Waals surface area contributed by atoms with Crippen LogP contribution < -0.4 is 0 Å². The van der Waals surface area contributed by atoms with Gasteiger partial charge in [0.15, 0.2) is 0 Å². The molecule has 2 amide bonds. The summed E-state index contributed by atoms with van der Waals surface area (Å²) in [5.41, 5.74) is 0.733. The summed E-state index contributed by atoms with van der Waals surface area (Å²) in [5.74, 6) is -1.42. The highest BCUT2D eigenvalue weighted by Gasteiger charge is 2.38. The first-order valence-electron chi connectivity index (χ1n) is 10.2. The predicted octanol–water partition coefficient (Wildman–Crippen LogP) is 4.66. The topological polar surface area (TPSA) is 40.6 Å². The van der Waals surface area contributed by atoms with Crippen molar-refractivity contribution in [2.45, 2.75) is 38.3 Å². The summed E-state index contributed by atoms with van der Waals surface area (Å²) in [5, 5.41) is 0.310. The molecule has 30 heavy (non-hydrogen) atoms. The summed E-state index contributed by atoms with van der Waals surface area (Å²) in [6.07, 6.45) is 3.17. The van der Waals surface area contributed by atoms with E-state index >= 15 is 0 Å². The molecule has 1 atom stereocenters. The van der Waals surface area contributed by atoms with Gasteiger partial charge in [0.1, 0.15) is 11.6 Å². The molecule has 1 heterocycles. The number of amides is 2. The highest BCUT2D eigenvalue weighted by Crippen LogP contribution is 2.33. The molecule has 0 N–H and O–H groups in total. The summed E-state index contributed by atoms with van der Waals surface area (Å²) in [6.45, 7) is 1.00. The minimum Gasteiger partial charge on any atom is -0.338 e. The zero-order chi connectivity index (χ0) is 21.3. The Morgan fingerprint density at radius 1 is 1.07 bits per heavy atom. The molecule has 4 nitrogen and oxygen atoms in total. The van der Waals surface area contributed by atoms with Gasteiger partial charge in [-0.3, -0.25) is 9.59 Å². The number of halogens is 3. The Balaban J connectivity index is 1.48. The molecule has 0 bridgehead atoms. The Morgan fingerprint density at radius 2 is 1.80 bits per heavy atom. The number of benzene rings is 2. The Kier molecular flexibility index (Phi) is 6.04. The highest BCUT2D eigenvalue weighted by atomic mass is 35.5. The van der Waals surface area contributed by atoms with Crippen molar-refractivity contribution in [1.29, 1.82) is 0 Å². The third-order valence-electron chi connectivity index (χ3n) is 5.81. The van der Waals surface area contributed by atoms with Gasteiger partial charge in [0.25, 0.3) is 5.91 Å². The lowest BCUT2D eigenvalue weighted by Crippen LogP contribution is -2.47. The van der Waals surface area contributed by atoms with Crippen LogP contribution in [0.3, 0.4) is 0 Å². The number of rotatable bonds is 5. The maximum absolute atomic E-state index is 14.3. The standard InChI is InChI=1S/C23H23ClF2N2O2/c24-20-4-1-5-21(26)19(20)14-28(18-10-11-18)23(30)16-3-2-12-27(13-16)22(29)15-6-8-17(25)9-7-15/h1,4-9,16,18H,2-3,10-14H2. The van der Waals surface area contributed by atoms with Crippen molar-refractivity contribution in [1.82, 2.24) is 9.80 Å². The molecule has 4 rings (SSSR count). The van der Waals surface area contributed by atoms with Crippen LogP contribution in [0.5, 0.6) is 0 Å². The van der Waals surface area contributed by atoms with E-state index in [1.165, 1.54) is 30.3 Å². The molecular weight excluding hydrogens is 410 g/mol. The Labute approximate surface area is 179 Å². The molecule has 1 aliphatic heterocycles. The van der Waals surface area contributed by atoms with E-state index in [9.17, 15) is 18.4 Å². The van der Waals surface area contributed by atoms with E-state index < -0.39 is 11.6 Å². The van der Waals surface area contributed by atoms with Gasteiger partial charge in [-0.15, -0.1) is 0 Å². The van der Waals surface area contributed by atoms with Crippen LogP contribution in [0.2, 0.25) is 5.02 Å². The normalized spacial score (nSPS) is 18.9. The van der Waals surface area contributed by atoms with Crippen molar-refractivity contribution < 1.29 is 18.4 Å². The average Bonchev–Trinajstić information content (AvgIpc) is 3.58. The van der Waals surface area contributed by atoms with Gasteiger partial charge in [-0.1, -0.05) is 17.7 Å². The molecule has 2 aliphatic rings. The van der Waals surface area contributed by atoms with Gasteiger partial charge >= 0.3 is 0 Å². The maximum atomic E-state index is 14.3. The molecule has 2 fully saturated rings. The number of piperidine rings is 1. The second-order valence-corrected chi connectivity index (χ2v) is 8.40. The van der Waals surface area contributed by atoms with Crippen LogP contribution >= 0.6 is 11.6 Å². The third-order valence-corrected chi connectivity index (χ3v) is 6.16. The van der Waals surface area contributed by atoms with Crippen LogP contribution in [0.15, 0.2) is 42.5 Å². The summed E-state index contributed by atoms with van der Waals surface area (Å²) >= 11 is 6.18. The van der Waals surface area contributed by atoms with Gasteiger partial charge in [0, 0.05) is 35.3 Å². The molecule has 7 heteroatoms. The molecule has 158 valence electrons. The van der Waals surface area contributed by atoms with Crippen LogP contribution in [0, 0.1) is 17.6 Å². The first kappa shape index (κ1) is 20.8. The molecular formula is C23H23ClF2N2O2. The molecule has 0 aromatic heterocycles. The van der Waals surface area contributed by atoms with Crippen LogP contribution in [-0.4, -0.2) is 40.7 Å². The van der Waals surface area contributed by atoms with Crippen LogP contribution in [0.25, 0.3) is 0 Å². The lowest BCUT2D eigenvalue weighted by Gasteiger charge is -2.35. The van der Waals surface area contributed by atoms with Crippen LogP contribution in [-0.2, 0) is 11.3 Å². The van der Waals surface area contributed by atoms with E-state index in [1.54, 1.807) is 21.9 Å². The molecule has 2 aromatic carbocycles. The van der Waals surface area contributed by atoms with E-state index in [2.05, 4.69) is 0 Å². The number of hydrogen-bond acceptors (Lipinski definition) is 2. The van der Waals surface area contributed by atoms with E-state index in [0.29, 0.717) is 42.1 Å². The summed E-state index contributed by atoms with van der Waals surface area (Å²) in [4.78, 5) is 29.5. The number of nitrogens with zero attached hydrogens (tertiary/aromatic N) is 2. The fourth-order valence-corrected chi connectivity index (χ4v) is 4.22. The second-order valence-electron chi connectivity index (χ2n) is 7.99. The van der Waals surface area contributed by atoms with Crippen molar-refractivity contribution in [2.75, 3.05) is 13.1 Å². The SMILES string of the molecule is O=C(c1ccc(F)cc1)N1CCCC(C(=O)N(Cc2c(F)cccc2Cl)C2CC2)C1. The van der Waals surface area contributed by atoms with Gasteiger partial charge in [0.05, 0.1) is 12.5 Å². The quantitative estimate of drug-likeness (QED) is 0.689. The summed E-state index contributed by atoms with van der Waals surface area (Å²) in [7, 11) is 0. The third kappa shape index (κ3) is 4.48. The minimum absolute atomic E-state index is 0.0616. The molecule has 1 saturated heterocycles. The Morgan fingerprint density at radius 3 is 2.47 bits per heavy atom. The van der Waals surface area contributed by atoms with E-state index in [0.717, 1.165) is 12.8 Å². The van der Waals surface area contributed by atoms with Gasteiger partial charge in [-0.2, -0.15) is 0 Å². The van der Waals surface area contributed by atoms with Gasteiger partial charge in [-0.25, -0.2) is 8.78 Å². The van der Waals surface area contributed by atoms with Crippen molar-refractivity contribution >= 4 is 23.4 Å². The van der Waals surface area contributed by atoms with Gasteiger partial charge in [0.2, 0.25) is 5.91 Å². The largest absolute Gasteiger partial charge is 0.338 e. The first-order valence-corrected chi connectivity index (χ1v) is 10.6. The van der Waals surface area contributed by atoms with Crippen molar-refractivity contribution in [2.24, 2.45) is 5.92 Å².